The minimum absolute atomic E-state index is 0.0672. The van der Waals surface area contributed by atoms with E-state index in [4.69, 9.17) is 0 Å². The van der Waals surface area contributed by atoms with Crippen molar-refractivity contribution in [2.45, 2.75) is 15.5 Å². The van der Waals surface area contributed by atoms with Gasteiger partial charge in [0.15, 0.2) is 0 Å². The Hall–Kier alpha value is -0.240. The first-order chi connectivity index (χ1) is 7.51. The number of thiophene rings is 1. The first kappa shape index (κ1) is 12.2. The van der Waals surface area contributed by atoms with Gasteiger partial charge in [-0.25, -0.2) is 8.42 Å². The summed E-state index contributed by atoms with van der Waals surface area (Å²) in [6.45, 7) is 0.500. The van der Waals surface area contributed by atoms with Gasteiger partial charge in [0.1, 0.15) is 9.99 Å². The van der Waals surface area contributed by atoms with Crippen LogP contribution in [0.25, 0.3) is 0 Å². The Morgan fingerprint density at radius 3 is 2.81 bits per heavy atom. The third-order valence-electron chi connectivity index (χ3n) is 2.41. The fraction of sp³-hybridized carbons (Fsp3) is 0.444. The van der Waals surface area contributed by atoms with Gasteiger partial charge in [-0.05, 0) is 11.4 Å². The normalized spacial score (nSPS) is 23.6. The summed E-state index contributed by atoms with van der Waals surface area (Å²) in [7, 11) is -3.41. The van der Waals surface area contributed by atoms with Crippen LogP contribution in [-0.2, 0) is 14.8 Å². The number of ketones is 1. The molecule has 0 aliphatic carbocycles. The van der Waals surface area contributed by atoms with Crippen LogP contribution in [0.1, 0.15) is 6.42 Å². The molecule has 1 fully saturated rings. The lowest BCUT2D eigenvalue weighted by Crippen LogP contribution is -2.44. The molecule has 7 heteroatoms. The molecule has 1 aliphatic heterocycles. The van der Waals surface area contributed by atoms with Gasteiger partial charge in [-0.2, -0.15) is 4.31 Å². The van der Waals surface area contributed by atoms with Crippen LogP contribution in [0.4, 0.5) is 0 Å². The molecule has 16 heavy (non-hydrogen) atoms. The quantitative estimate of drug-likeness (QED) is 0.774. The number of hydrogen-bond acceptors (Lipinski definition) is 4. The minimum Gasteiger partial charge on any atom is -0.298 e. The predicted octanol–water partition coefficient (Wildman–Crippen LogP) is 1.48. The van der Waals surface area contributed by atoms with Crippen molar-refractivity contribution in [2.24, 2.45) is 0 Å². The lowest BCUT2D eigenvalue weighted by Gasteiger charge is -2.27. The SMILES string of the molecule is O=C1CCN(S(=O)(=O)c2cccs2)CC1Br. The van der Waals surface area contributed by atoms with Crippen LogP contribution >= 0.6 is 27.3 Å². The molecule has 1 aromatic rings. The number of carbonyl (C=O) groups is 1. The summed E-state index contributed by atoms with van der Waals surface area (Å²) in [5, 5.41) is 1.73. The van der Waals surface area contributed by atoms with Gasteiger partial charge in [0.05, 0.1) is 4.83 Å². The van der Waals surface area contributed by atoms with E-state index in [-0.39, 0.29) is 30.1 Å². The second-order valence-electron chi connectivity index (χ2n) is 3.48. The molecule has 1 atom stereocenters. The van der Waals surface area contributed by atoms with Crippen LogP contribution < -0.4 is 0 Å². The largest absolute Gasteiger partial charge is 0.298 e. The summed E-state index contributed by atoms with van der Waals surface area (Å²) in [4.78, 5) is 10.9. The highest BCUT2D eigenvalue weighted by Gasteiger charge is 2.33. The summed E-state index contributed by atoms with van der Waals surface area (Å²) < 4.78 is 25.9. The van der Waals surface area contributed by atoms with E-state index in [2.05, 4.69) is 15.9 Å². The van der Waals surface area contributed by atoms with Crippen molar-refractivity contribution < 1.29 is 13.2 Å². The molecule has 0 N–H and O–H groups in total. The molecule has 0 spiro atoms. The molecule has 0 saturated carbocycles. The number of halogens is 1. The second-order valence-corrected chi connectivity index (χ2v) is 7.70. The third kappa shape index (κ3) is 2.22. The van der Waals surface area contributed by atoms with Crippen molar-refractivity contribution >= 4 is 43.1 Å². The van der Waals surface area contributed by atoms with Crippen molar-refractivity contribution in [3.8, 4) is 0 Å². The Kier molecular flexibility index (Phi) is 3.48. The summed E-state index contributed by atoms with van der Waals surface area (Å²) in [6.07, 6.45) is 0.278. The molecule has 0 radical (unpaired) electrons. The number of Topliss-reactive ketones (excluding diaryl/α,β-unsaturated/α-hetero) is 1. The molecule has 1 saturated heterocycles. The van der Waals surface area contributed by atoms with Gasteiger partial charge in [0.2, 0.25) is 0 Å². The second kappa shape index (κ2) is 4.56. The van der Waals surface area contributed by atoms with Crippen LogP contribution in [-0.4, -0.2) is 36.4 Å². The van der Waals surface area contributed by atoms with Crippen LogP contribution in [0.3, 0.4) is 0 Å². The molecular formula is C9H10BrNO3S2. The van der Waals surface area contributed by atoms with Crippen LogP contribution in [0.15, 0.2) is 21.7 Å². The molecule has 88 valence electrons. The number of hydrogen-bond donors (Lipinski definition) is 0. The summed E-state index contributed by atoms with van der Waals surface area (Å²) in [5.41, 5.74) is 0. The maximum absolute atomic E-state index is 12.1. The fourth-order valence-electron chi connectivity index (χ4n) is 1.52. The van der Waals surface area contributed by atoms with Crippen molar-refractivity contribution in [1.82, 2.24) is 4.31 Å². The van der Waals surface area contributed by atoms with Gasteiger partial charge in [-0.15, -0.1) is 11.3 Å². The van der Waals surface area contributed by atoms with E-state index in [1.807, 2.05) is 0 Å². The number of piperidine rings is 1. The lowest BCUT2D eigenvalue weighted by molar-refractivity contribution is -0.119. The first-order valence-electron chi connectivity index (χ1n) is 4.72. The monoisotopic (exact) mass is 323 g/mol. The third-order valence-corrected chi connectivity index (χ3v) is 6.45. The molecule has 0 aromatic carbocycles. The zero-order valence-corrected chi connectivity index (χ0v) is 11.5. The standard InChI is InChI=1S/C9H10BrNO3S2/c10-7-6-11(4-3-8(7)12)16(13,14)9-2-1-5-15-9/h1-2,5,7H,3-4,6H2. The Labute approximate surface area is 106 Å². The Balaban J connectivity index is 2.23. The van der Waals surface area contributed by atoms with Gasteiger partial charge in [0.25, 0.3) is 10.0 Å². The van der Waals surface area contributed by atoms with Gasteiger partial charge >= 0.3 is 0 Å². The Bertz CT molecular complexity index is 483. The average molecular weight is 324 g/mol. The van der Waals surface area contributed by atoms with E-state index in [1.54, 1.807) is 17.5 Å². The number of sulfonamides is 1. The molecule has 2 heterocycles. The average Bonchev–Trinajstić information content (AvgIpc) is 2.75. The fourth-order valence-corrected chi connectivity index (χ4v) is 4.89. The van der Waals surface area contributed by atoms with Crippen molar-refractivity contribution in [3.05, 3.63) is 17.5 Å². The zero-order chi connectivity index (χ0) is 11.8. The highest BCUT2D eigenvalue weighted by Crippen LogP contribution is 2.24. The molecule has 2 rings (SSSR count). The van der Waals surface area contributed by atoms with Gasteiger partial charge in [0, 0.05) is 19.5 Å². The molecule has 0 bridgehead atoms. The molecule has 1 unspecified atom stereocenters. The van der Waals surface area contributed by atoms with E-state index in [0.29, 0.717) is 4.21 Å². The van der Waals surface area contributed by atoms with Crippen molar-refractivity contribution in [1.29, 1.82) is 0 Å². The van der Waals surface area contributed by atoms with Crippen molar-refractivity contribution in [2.75, 3.05) is 13.1 Å². The highest BCUT2D eigenvalue weighted by molar-refractivity contribution is 9.10. The summed E-state index contributed by atoms with van der Waals surface area (Å²) in [5.74, 6) is 0.0672. The van der Waals surface area contributed by atoms with Crippen LogP contribution in [0.5, 0.6) is 0 Å². The molecular weight excluding hydrogens is 314 g/mol. The highest BCUT2D eigenvalue weighted by atomic mass is 79.9. The van der Waals surface area contributed by atoms with Gasteiger partial charge < -0.3 is 0 Å². The zero-order valence-electron chi connectivity index (χ0n) is 8.30. The van der Waals surface area contributed by atoms with Gasteiger partial charge in [-0.3, -0.25) is 4.79 Å². The van der Waals surface area contributed by atoms with Gasteiger partial charge in [-0.1, -0.05) is 22.0 Å². The summed E-state index contributed by atoms with van der Waals surface area (Å²) >= 11 is 4.39. The maximum Gasteiger partial charge on any atom is 0.252 e. The molecule has 1 aliphatic rings. The first-order valence-corrected chi connectivity index (χ1v) is 7.96. The van der Waals surface area contributed by atoms with E-state index in [0.717, 1.165) is 0 Å². The smallest absolute Gasteiger partial charge is 0.252 e. The topological polar surface area (TPSA) is 54.5 Å². The van der Waals surface area contributed by atoms with E-state index in [9.17, 15) is 13.2 Å². The number of rotatable bonds is 2. The van der Waals surface area contributed by atoms with E-state index < -0.39 is 10.0 Å². The molecule has 1 aromatic heterocycles. The Morgan fingerprint density at radius 2 is 2.25 bits per heavy atom. The van der Waals surface area contributed by atoms with Crippen LogP contribution in [0.2, 0.25) is 0 Å². The minimum atomic E-state index is -3.41. The number of carbonyl (C=O) groups excluding carboxylic acids is 1. The number of alkyl halides is 1. The predicted molar refractivity (Wildman–Crippen MR) is 65.4 cm³/mol. The lowest BCUT2D eigenvalue weighted by atomic mass is 10.1. The summed E-state index contributed by atoms with van der Waals surface area (Å²) in [6, 6.07) is 3.29. The van der Waals surface area contributed by atoms with Crippen molar-refractivity contribution in [3.63, 3.8) is 0 Å². The number of nitrogens with zero attached hydrogens (tertiary/aromatic N) is 1. The molecule has 4 nitrogen and oxygen atoms in total. The maximum atomic E-state index is 12.1. The van der Waals surface area contributed by atoms with E-state index >= 15 is 0 Å². The molecule has 0 amide bonds. The van der Waals surface area contributed by atoms with E-state index in [1.165, 1.54) is 15.6 Å². The van der Waals surface area contributed by atoms with Crippen LogP contribution in [0, 0.1) is 0 Å². The Morgan fingerprint density at radius 1 is 1.50 bits per heavy atom.